The summed E-state index contributed by atoms with van der Waals surface area (Å²) < 4.78 is 27.1. The zero-order chi connectivity index (χ0) is 21.0. The maximum Gasteiger partial charge on any atom is 0.250 e. The predicted octanol–water partition coefficient (Wildman–Crippen LogP) is 1.89. The fraction of sp³-hybridized carbons (Fsp3) is 0.455. The summed E-state index contributed by atoms with van der Waals surface area (Å²) in [5, 5.41) is 0. The highest BCUT2D eigenvalue weighted by molar-refractivity contribution is 7.92. The molecule has 2 atom stereocenters. The molecule has 3 aliphatic heterocycles. The van der Waals surface area contributed by atoms with Gasteiger partial charge in [-0.3, -0.25) is 18.8 Å². The first-order valence-electron chi connectivity index (χ1n) is 10.4. The van der Waals surface area contributed by atoms with Crippen molar-refractivity contribution in [2.75, 3.05) is 36.7 Å². The van der Waals surface area contributed by atoms with E-state index in [2.05, 4.69) is 4.90 Å². The van der Waals surface area contributed by atoms with Gasteiger partial charge in [-0.05, 0) is 48.6 Å². The lowest BCUT2D eigenvalue weighted by Gasteiger charge is -2.42. The van der Waals surface area contributed by atoms with Gasteiger partial charge in [0, 0.05) is 49.4 Å². The molecule has 5 rings (SSSR count). The van der Waals surface area contributed by atoms with Gasteiger partial charge in [0.05, 0.1) is 18.5 Å². The highest BCUT2D eigenvalue weighted by atomic mass is 35.5. The molecule has 2 unspecified atom stereocenters. The summed E-state index contributed by atoms with van der Waals surface area (Å²) in [4.78, 5) is 27.4. The zero-order valence-corrected chi connectivity index (χ0v) is 19.0. The highest BCUT2D eigenvalue weighted by Gasteiger charge is 2.35. The normalized spacial score (nSPS) is 22.4. The Bertz CT molecular complexity index is 1190. The minimum absolute atomic E-state index is 0. The minimum Gasteiger partial charge on any atom is -0.312 e. The topological polar surface area (TPSA) is 79.7 Å². The molecular formula is C22H26ClN3O4S. The number of benzene rings is 1. The second kappa shape index (κ2) is 8.07. The minimum atomic E-state index is -3.29. The number of Topliss-reactive ketones (excluding diaryl/α,β-unsaturated/α-hetero) is 1. The van der Waals surface area contributed by atoms with Crippen LogP contribution in [0.5, 0.6) is 0 Å². The van der Waals surface area contributed by atoms with Crippen LogP contribution in [0.1, 0.15) is 34.0 Å². The Morgan fingerprint density at radius 2 is 1.94 bits per heavy atom. The van der Waals surface area contributed by atoms with Crippen molar-refractivity contribution in [2.24, 2.45) is 5.92 Å². The summed E-state index contributed by atoms with van der Waals surface area (Å²) in [6.07, 6.45) is 2.90. The molecule has 9 heteroatoms. The Labute approximate surface area is 188 Å². The number of carbonyl (C=O) groups excluding carboxylic acids is 1. The van der Waals surface area contributed by atoms with E-state index in [1.165, 1.54) is 10.6 Å². The summed E-state index contributed by atoms with van der Waals surface area (Å²) in [5.41, 5.74) is 3.37. The molecule has 0 amide bonds. The van der Waals surface area contributed by atoms with Crippen LogP contribution >= 0.6 is 12.4 Å². The van der Waals surface area contributed by atoms with Crippen LogP contribution in [0, 0.1) is 5.92 Å². The number of aromatic nitrogens is 1. The summed E-state index contributed by atoms with van der Waals surface area (Å²) >= 11 is 0. The second-order valence-corrected chi connectivity index (χ2v) is 10.7. The van der Waals surface area contributed by atoms with E-state index in [1.807, 2.05) is 22.8 Å². The Morgan fingerprint density at radius 1 is 1.13 bits per heavy atom. The van der Waals surface area contributed by atoms with Gasteiger partial charge in [0.25, 0.3) is 5.56 Å². The third kappa shape index (κ3) is 4.04. The molecule has 0 saturated carbocycles. The first kappa shape index (κ1) is 22.0. The molecule has 1 fully saturated rings. The van der Waals surface area contributed by atoms with Gasteiger partial charge < -0.3 is 4.57 Å². The lowest BCUT2D eigenvalue weighted by Crippen LogP contribution is -2.48. The fourth-order valence-corrected chi connectivity index (χ4v) is 6.27. The van der Waals surface area contributed by atoms with Gasteiger partial charge in [0.2, 0.25) is 10.0 Å². The molecule has 0 radical (unpaired) electrons. The number of rotatable bonds is 4. The van der Waals surface area contributed by atoms with Crippen molar-refractivity contribution in [2.45, 2.75) is 25.3 Å². The molecule has 31 heavy (non-hydrogen) atoms. The molecule has 0 spiro atoms. The summed E-state index contributed by atoms with van der Waals surface area (Å²) in [7, 11) is -3.29. The van der Waals surface area contributed by atoms with Crippen LogP contribution < -0.4 is 9.86 Å². The molecule has 0 N–H and O–H groups in total. The number of hydrogen-bond acceptors (Lipinski definition) is 5. The molecule has 1 aromatic carbocycles. The fourth-order valence-electron chi connectivity index (χ4n) is 5.31. The van der Waals surface area contributed by atoms with Crippen molar-refractivity contribution in [3.8, 4) is 0 Å². The van der Waals surface area contributed by atoms with Crippen molar-refractivity contribution in [3.05, 3.63) is 63.6 Å². The summed E-state index contributed by atoms with van der Waals surface area (Å²) in [6.45, 7) is 3.09. The first-order valence-corrected chi connectivity index (χ1v) is 12.2. The van der Waals surface area contributed by atoms with E-state index in [9.17, 15) is 18.0 Å². The van der Waals surface area contributed by atoms with E-state index in [4.69, 9.17) is 0 Å². The van der Waals surface area contributed by atoms with E-state index in [-0.39, 0.29) is 29.7 Å². The average molecular weight is 464 g/mol. The number of piperidine rings is 1. The van der Waals surface area contributed by atoms with E-state index in [0.717, 1.165) is 37.3 Å². The van der Waals surface area contributed by atoms with Crippen LogP contribution in [0.25, 0.3) is 0 Å². The van der Waals surface area contributed by atoms with Gasteiger partial charge >= 0.3 is 0 Å². The van der Waals surface area contributed by atoms with Crippen LogP contribution in [0.3, 0.4) is 0 Å². The van der Waals surface area contributed by atoms with Gasteiger partial charge in [-0.2, -0.15) is 0 Å². The average Bonchev–Trinajstić information content (AvgIpc) is 3.12. The third-order valence-electron chi connectivity index (χ3n) is 6.58. The van der Waals surface area contributed by atoms with Crippen molar-refractivity contribution < 1.29 is 13.2 Å². The largest absolute Gasteiger partial charge is 0.312 e. The van der Waals surface area contributed by atoms with E-state index in [1.54, 1.807) is 18.2 Å². The van der Waals surface area contributed by atoms with Crippen molar-refractivity contribution >= 4 is 33.9 Å². The second-order valence-electron chi connectivity index (χ2n) is 8.74. The lowest BCUT2D eigenvalue weighted by atomic mass is 9.83. The molecule has 2 bridgehead atoms. The van der Waals surface area contributed by atoms with E-state index < -0.39 is 10.0 Å². The smallest absolute Gasteiger partial charge is 0.250 e. The summed E-state index contributed by atoms with van der Waals surface area (Å²) in [5.74, 6) is 0.719. The third-order valence-corrected chi connectivity index (χ3v) is 7.76. The van der Waals surface area contributed by atoms with Gasteiger partial charge in [0.1, 0.15) is 0 Å². The number of halogens is 1. The van der Waals surface area contributed by atoms with Crippen LogP contribution in [-0.2, 0) is 23.0 Å². The number of sulfonamides is 1. The van der Waals surface area contributed by atoms with E-state index in [0.29, 0.717) is 36.7 Å². The predicted molar refractivity (Wildman–Crippen MR) is 122 cm³/mol. The Morgan fingerprint density at radius 3 is 2.71 bits per heavy atom. The molecule has 7 nitrogen and oxygen atoms in total. The van der Waals surface area contributed by atoms with Crippen molar-refractivity contribution in [1.82, 2.24) is 9.47 Å². The molecule has 3 aliphatic rings. The molecule has 0 aliphatic carbocycles. The Hall–Kier alpha value is -2.16. The zero-order valence-electron chi connectivity index (χ0n) is 17.4. The monoisotopic (exact) mass is 463 g/mol. The van der Waals surface area contributed by atoms with Gasteiger partial charge in [-0.15, -0.1) is 12.4 Å². The molecule has 1 saturated heterocycles. The number of carbonyl (C=O) groups is 1. The van der Waals surface area contributed by atoms with E-state index >= 15 is 0 Å². The van der Waals surface area contributed by atoms with Gasteiger partial charge in [-0.25, -0.2) is 8.42 Å². The lowest BCUT2D eigenvalue weighted by molar-refractivity contribution is 0.0817. The quantitative estimate of drug-likeness (QED) is 0.647. The van der Waals surface area contributed by atoms with Crippen molar-refractivity contribution in [1.29, 1.82) is 0 Å². The van der Waals surface area contributed by atoms with Crippen LogP contribution in [0.4, 0.5) is 5.69 Å². The van der Waals surface area contributed by atoms with Gasteiger partial charge in [-0.1, -0.05) is 6.07 Å². The number of anilines is 1. The first-order chi connectivity index (χ1) is 14.3. The maximum atomic E-state index is 13.0. The standard InChI is InChI=1S/C22H25N3O4S.ClH/c1-30(28,29)25-8-7-16-10-17(5-6-20(16)25)21(26)14-23-11-15-9-18(13-23)19-3-2-4-22(27)24(19)12-15;/h2-6,10,15,18H,7-9,11-14H2,1H3;1H. The number of pyridine rings is 1. The van der Waals surface area contributed by atoms with Crippen LogP contribution in [0.15, 0.2) is 41.2 Å². The SMILES string of the molecule is CS(=O)(=O)N1CCc2cc(C(=O)CN3CC4CC(C3)c3cccc(=O)n3C4)ccc21.Cl. The molecule has 4 heterocycles. The van der Waals surface area contributed by atoms with Crippen LogP contribution in [0.2, 0.25) is 0 Å². The number of nitrogens with zero attached hydrogens (tertiary/aromatic N) is 3. The highest BCUT2D eigenvalue weighted by Crippen LogP contribution is 2.35. The van der Waals surface area contributed by atoms with Crippen molar-refractivity contribution in [3.63, 3.8) is 0 Å². The number of likely N-dealkylation sites (tertiary alicyclic amines) is 1. The molecular weight excluding hydrogens is 438 g/mol. The van der Waals surface area contributed by atoms with Crippen LogP contribution in [-0.4, -0.2) is 56.1 Å². The molecule has 2 aromatic rings. The summed E-state index contributed by atoms with van der Waals surface area (Å²) in [6, 6.07) is 10.8. The Balaban J connectivity index is 0.00000231. The molecule has 1 aromatic heterocycles. The maximum absolute atomic E-state index is 13.0. The van der Waals surface area contributed by atoms with Gasteiger partial charge in [0.15, 0.2) is 5.78 Å². The Kier molecular flexibility index (Phi) is 5.74. The number of hydrogen-bond donors (Lipinski definition) is 0. The molecule has 166 valence electrons. The number of fused-ring (bicyclic) bond motifs is 5. The number of ketones is 1.